The predicted molar refractivity (Wildman–Crippen MR) is 87.1 cm³/mol. The standard InChI is InChI=1S/C17H20BrNO/c1-12-9-16(10-13(2)17(12)18)20-11-15-5-3-14(4-6-15)7-8-19/h3-6,9-10H,7-8,11,19H2,1-2H3. The predicted octanol–water partition coefficient (Wildman–Crippen LogP) is 4.15. The van der Waals surface area contributed by atoms with Crippen molar-refractivity contribution in [3.8, 4) is 5.75 Å². The van der Waals surface area contributed by atoms with Gasteiger partial charge in [-0.3, -0.25) is 0 Å². The molecule has 0 saturated carbocycles. The molecule has 0 atom stereocenters. The summed E-state index contributed by atoms with van der Waals surface area (Å²) >= 11 is 3.57. The van der Waals surface area contributed by atoms with Gasteiger partial charge in [0.15, 0.2) is 0 Å². The van der Waals surface area contributed by atoms with E-state index in [1.54, 1.807) is 0 Å². The Bertz CT molecular complexity index is 555. The Labute approximate surface area is 129 Å². The van der Waals surface area contributed by atoms with Crippen molar-refractivity contribution >= 4 is 15.9 Å². The maximum atomic E-state index is 5.86. The lowest BCUT2D eigenvalue weighted by Gasteiger charge is -2.10. The summed E-state index contributed by atoms with van der Waals surface area (Å²) in [5, 5.41) is 0. The monoisotopic (exact) mass is 333 g/mol. The molecule has 0 heterocycles. The number of ether oxygens (including phenoxy) is 1. The molecule has 0 radical (unpaired) electrons. The van der Waals surface area contributed by atoms with E-state index in [9.17, 15) is 0 Å². The topological polar surface area (TPSA) is 35.2 Å². The summed E-state index contributed by atoms with van der Waals surface area (Å²) in [6, 6.07) is 12.5. The number of benzene rings is 2. The van der Waals surface area contributed by atoms with Gasteiger partial charge in [-0.2, -0.15) is 0 Å². The minimum atomic E-state index is 0.587. The highest BCUT2D eigenvalue weighted by Crippen LogP contribution is 2.26. The van der Waals surface area contributed by atoms with Crippen molar-refractivity contribution in [1.82, 2.24) is 0 Å². The molecule has 0 spiro atoms. The van der Waals surface area contributed by atoms with E-state index in [4.69, 9.17) is 10.5 Å². The third-order valence-electron chi connectivity index (χ3n) is 3.27. The van der Waals surface area contributed by atoms with Crippen LogP contribution in [0.25, 0.3) is 0 Å². The Morgan fingerprint density at radius 1 is 1.00 bits per heavy atom. The second-order valence-electron chi connectivity index (χ2n) is 5.01. The van der Waals surface area contributed by atoms with Gasteiger partial charge in [0.2, 0.25) is 0 Å². The summed E-state index contributed by atoms with van der Waals surface area (Å²) in [6.45, 7) is 5.42. The van der Waals surface area contributed by atoms with Gasteiger partial charge in [0.05, 0.1) is 0 Å². The third kappa shape index (κ3) is 3.84. The molecular formula is C17H20BrNO. The Kier molecular flexibility index (Phi) is 5.21. The summed E-state index contributed by atoms with van der Waals surface area (Å²) in [5.41, 5.74) is 10.4. The minimum Gasteiger partial charge on any atom is -0.489 e. The normalized spacial score (nSPS) is 10.6. The zero-order chi connectivity index (χ0) is 14.5. The SMILES string of the molecule is Cc1cc(OCc2ccc(CCN)cc2)cc(C)c1Br. The lowest BCUT2D eigenvalue weighted by molar-refractivity contribution is 0.305. The quantitative estimate of drug-likeness (QED) is 0.892. The first-order valence-corrected chi connectivity index (χ1v) is 7.57. The summed E-state index contributed by atoms with van der Waals surface area (Å²) in [6.07, 6.45) is 0.923. The Morgan fingerprint density at radius 2 is 1.55 bits per heavy atom. The molecule has 0 aromatic heterocycles. The zero-order valence-electron chi connectivity index (χ0n) is 11.9. The number of aryl methyl sites for hydroxylation is 2. The van der Waals surface area contributed by atoms with Gasteiger partial charge < -0.3 is 10.5 Å². The second kappa shape index (κ2) is 6.91. The van der Waals surface area contributed by atoms with Crippen LogP contribution in [0.3, 0.4) is 0 Å². The van der Waals surface area contributed by atoms with Crippen molar-refractivity contribution in [3.05, 3.63) is 63.1 Å². The van der Waals surface area contributed by atoms with Gasteiger partial charge in [-0.15, -0.1) is 0 Å². The van der Waals surface area contributed by atoms with Crippen LogP contribution in [-0.2, 0) is 13.0 Å². The fourth-order valence-electron chi connectivity index (χ4n) is 2.12. The largest absolute Gasteiger partial charge is 0.489 e. The van der Waals surface area contributed by atoms with E-state index in [0.717, 1.165) is 16.6 Å². The Hall–Kier alpha value is -1.32. The van der Waals surface area contributed by atoms with E-state index in [1.807, 2.05) is 0 Å². The first kappa shape index (κ1) is 15.1. The number of nitrogens with two attached hydrogens (primary N) is 1. The van der Waals surface area contributed by atoms with Crippen LogP contribution in [0.2, 0.25) is 0 Å². The van der Waals surface area contributed by atoms with Gasteiger partial charge in [0.1, 0.15) is 12.4 Å². The fourth-order valence-corrected chi connectivity index (χ4v) is 2.35. The molecule has 20 heavy (non-hydrogen) atoms. The first-order valence-electron chi connectivity index (χ1n) is 6.77. The maximum absolute atomic E-state index is 5.86. The van der Waals surface area contributed by atoms with E-state index < -0.39 is 0 Å². The number of hydrogen-bond donors (Lipinski definition) is 1. The fraction of sp³-hybridized carbons (Fsp3) is 0.294. The van der Waals surface area contributed by atoms with Crippen LogP contribution < -0.4 is 10.5 Å². The van der Waals surface area contributed by atoms with Gasteiger partial charge in [-0.05, 0) is 61.2 Å². The molecular weight excluding hydrogens is 314 g/mol. The van der Waals surface area contributed by atoms with Gasteiger partial charge in [0.25, 0.3) is 0 Å². The van der Waals surface area contributed by atoms with Crippen LogP contribution in [0.1, 0.15) is 22.3 Å². The zero-order valence-corrected chi connectivity index (χ0v) is 13.5. The van der Waals surface area contributed by atoms with Crippen LogP contribution in [0.5, 0.6) is 5.75 Å². The van der Waals surface area contributed by atoms with E-state index in [1.165, 1.54) is 22.3 Å². The third-order valence-corrected chi connectivity index (χ3v) is 4.52. The lowest BCUT2D eigenvalue weighted by atomic mass is 10.1. The van der Waals surface area contributed by atoms with Crippen LogP contribution in [-0.4, -0.2) is 6.54 Å². The van der Waals surface area contributed by atoms with Crippen molar-refractivity contribution in [2.24, 2.45) is 5.73 Å². The molecule has 0 aliphatic heterocycles. The van der Waals surface area contributed by atoms with E-state index in [0.29, 0.717) is 13.2 Å². The van der Waals surface area contributed by atoms with Crippen molar-refractivity contribution in [2.45, 2.75) is 26.9 Å². The Balaban J connectivity index is 2.01. The molecule has 0 bridgehead atoms. The molecule has 0 saturated heterocycles. The van der Waals surface area contributed by atoms with E-state index in [2.05, 4.69) is 66.2 Å². The molecule has 3 heteroatoms. The van der Waals surface area contributed by atoms with Gasteiger partial charge in [0, 0.05) is 4.47 Å². The Morgan fingerprint density at radius 3 is 2.10 bits per heavy atom. The highest BCUT2D eigenvalue weighted by atomic mass is 79.9. The highest BCUT2D eigenvalue weighted by Gasteiger charge is 2.03. The molecule has 106 valence electrons. The van der Waals surface area contributed by atoms with Gasteiger partial charge >= 0.3 is 0 Å². The number of rotatable bonds is 5. The molecule has 0 unspecified atom stereocenters. The molecule has 2 rings (SSSR count). The van der Waals surface area contributed by atoms with Crippen LogP contribution in [0.4, 0.5) is 0 Å². The maximum Gasteiger partial charge on any atom is 0.120 e. The molecule has 0 aliphatic carbocycles. The van der Waals surface area contributed by atoms with Crippen LogP contribution in [0.15, 0.2) is 40.9 Å². The molecule has 0 aliphatic rings. The highest BCUT2D eigenvalue weighted by molar-refractivity contribution is 9.10. The summed E-state index contributed by atoms with van der Waals surface area (Å²) < 4.78 is 7.01. The molecule has 0 amide bonds. The van der Waals surface area contributed by atoms with Gasteiger partial charge in [-0.1, -0.05) is 40.2 Å². The molecule has 0 fully saturated rings. The summed E-state index contributed by atoms with van der Waals surface area (Å²) in [7, 11) is 0. The molecule has 2 N–H and O–H groups in total. The number of halogens is 1. The molecule has 2 aromatic rings. The lowest BCUT2D eigenvalue weighted by Crippen LogP contribution is -2.03. The molecule has 2 aromatic carbocycles. The molecule has 2 nitrogen and oxygen atoms in total. The second-order valence-corrected chi connectivity index (χ2v) is 5.81. The van der Waals surface area contributed by atoms with Crippen molar-refractivity contribution in [3.63, 3.8) is 0 Å². The van der Waals surface area contributed by atoms with E-state index in [-0.39, 0.29) is 0 Å². The summed E-state index contributed by atoms with van der Waals surface area (Å²) in [5.74, 6) is 0.911. The number of hydrogen-bond acceptors (Lipinski definition) is 2. The van der Waals surface area contributed by atoms with Crippen molar-refractivity contribution in [1.29, 1.82) is 0 Å². The van der Waals surface area contributed by atoms with Crippen molar-refractivity contribution < 1.29 is 4.74 Å². The average molecular weight is 334 g/mol. The average Bonchev–Trinajstić information content (AvgIpc) is 2.44. The van der Waals surface area contributed by atoms with Crippen LogP contribution in [0, 0.1) is 13.8 Å². The van der Waals surface area contributed by atoms with Gasteiger partial charge in [-0.25, -0.2) is 0 Å². The van der Waals surface area contributed by atoms with E-state index >= 15 is 0 Å². The van der Waals surface area contributed by atoms with Crippen LogP contribution >= 0.6 is 15.9 Å². The van der Waals surface area contributed by atoms with Crippen molar-refractivity contribution in [2.75, 3.05) is 6.54 Å². The minimum absolute atomic E-state index is 0.587. The first-order chi connectivity index (χ1) is 9.60. The smallest absolute Gasteiger partial charge is 0.120 e. The summed E-state index contributed by atoms with van der Waals surface area (Å²) in [4.78, 5) is 0.